The predicted octanol–water partition coefficient (Wildman–Crippen LogP) is 2.17. The number of nitrogens with one attached hydrogen (secondary N) is 3. The first-order chi connectivity index (χ1) is 12.1. The second-order valence-corrected chi connectivity index (χ2v) is 6.84. The van der Waals surface area contributed by atoms with E-state index in [1.807, 2.05) is 31.2 Å². The molecule has 1 fully saturated rings. The van der Waals surface area contributed by atoms with Crippen LogP contribution in [-0.4, -0.2) is 34.5 Å². The molecule has 1 saturated heterocycles. The summed E-state index contributed by atoms with van der Waals surface area (Å²) in [6.07, 6.45) is 3.17. The number of pyridine rings is 1. The minimum Gasteiger partial charge on any atom is -0.348 e. The fraction of sp³-hybridized carbons (Fsp3) is 0.278. The SMILES string of the molecule is CC(NC(=O)[C@@H]1CSCN1)c1ccc(NC(=O)c2ccncc2)cc1. The van der Waals surface area contributed by atoms with Gasteiger partial charge in [0.25, 0.3) is 5.91 Å². The van der Waals surface area contributed by atoms with Crippen molar-refractivity contribution in [3.63, 3.8) is 0 Å². The molecule has 0 spiro atoms. The fourth-order valence-electron chi connectivity index (χ4n) is 2.52. The summed E-state index contributed by atoms with van der Waals surface area (Å²) in [4.78, 5) is 28.2. The summed E-state index contributed by atoms with van der Waals surface area (Å²) in [5.41, 5.74) is 2.25. The van der Waals surface area contributed by atoms with Crippen LogP contribution in [0.15, 0.2) is 48.8 Å². The third kappa shape index (κ3) is 4.58. The lowest BCUT2D eigenvalue weighted by Crippen LogP contribution is -2.42. The maximum atomic E-state index is 12.1. The van der Waals surface area contributed by atoms with Gasteiger partial charge in [0.1, 0.15) is 0 Å². The molecule has 0 bridgehead atoms. The minimum atomic E-state index is -0.179. The number of aromatic nitrogens is 1. The van der Waals surface area contributed by atoms with Crippen molar-refractivity contribution in [1.29, 1.82) is 0 Å². The smallest absolute Gasteiger partial charge is 0.255 e. The fourth-order valence-corrected chi connectivity index (χ4v) is 3.46. The molecule has 0 aliphatic carbocycles. The Morgan fingerprint density at radius 1 is 1.20 bits per heavy atom. The number of anilines is 1. The first kappa shape index (κ1) is 17.4. The third-order valence-corrected chi connectivity index (χ3v) is 4.94. The summed E-state index contributed by atoms with van der Waals surface area (Å²) >= 11 is 1.72. The summed E-state index contributed by atoms with van der Waals surface area (Å²) in [6.45, 7) is 1.95. The molecule has 2 atom stereocenters. The molecule has 130 valence electrons. The molecule has 2 aromatic rings. The van der Waals surface area contributed by atoms with Gasteiger partial charge in [-0.3, -0.25) is 19.9 Å². The van der Waals surface area contributed by atoms with Crippen LogP contribution < -0.4 is 16.0 Å². The molecule has 0 saturated carbocycles. The van der Waals surface area contributed by atoms with E-state index in [0.29, 0.717) is 11.3 Å². The molecule has 2 amide bonds. The van der Waals surface area contributed by atoms with Gasteiger partial charge in [-0.25, -0.2) is 0 Å². The van der Waals surface area contributed by atoms with Crippen molar-refractivity contribution < 1.29 is 9.59 Å². The Labute approximate surface area is 150 Å². The number of thioether (sulfide) groups is 1. The van der Waals surface area contributed by atoms with Gasteiger partial charge in [-0.15, -0.1) is 11.8 Å². The number of benzene rings is 1. The molecule has 0 radical (unpaired) electrons. The highest BCUT2D eigenvalue weighted by Crippen LogP contribution is 2.18. The van der Waals surface area contributed by atoms with Gasteiger partial charge in [0, 0.05) is 35.3 Å². The van der Waals surface area contributed by atoms with Crippen LogP contribution >= 0.6 is 11.8 Å². The normalized spacial score (nSPS) is 17.7. The van der Waals surface area contributed by atoms with Crippen LogP contribution in [0.5, 0.6) is 0 Å². The molecule has 1 aliphatic heterocycles. The maximum absolute atomic E-state index is 12.1. The second kappa shape index (κ2) is 8.13. The number of amides is 2. The average molecular weight is 356 g/mol. The summed E-state index contributed by atoms with van der Waals surface area (Å²) in [7, 11) is 0. The van der Waals surface area contributed by atoms with Gasteiger partial charge in [0.15, 0.2) is 0 Å². The van der Waals surface area contributed by atoms with Crippen molar-refractivity contribution in [1.82, 2.24) is 15.6 Å². The zero-order valence-corrected chi connectivity index (χ0v) is 14.7. The lowest BCUT2D eigenvalue weighted by molar-refractivity contribution is -0.123. The summed E-state index contributed by atoms with van der Waals surface area (Å²) in [5, 5.41) is 9.02. The Kier molecular flexibility index (Phi) is 5.67. The largest absolute Gasteiger partial charge is 0.348 e. The Morgan fingerprint density at radius 2 is 1.92 bits per heavy atom. The molecule has 3 rings (SSSR count). The van der Waals surface area contributed by atoms with Crippen LogP contribution in [0.4, 0.5) is 5.69 Å². The van der Waals surface area contributed by atoms with Crippen molar-refractivity contribution in [2.45, 2.75) is 19.0 Å². The highest BCUT2D eigenvalue weighted by molar-refractivity contribution is 7.99. The number of carbonyl (C=O) groups is 2. The van der Waals surface area contributed by atoms with E-state index in [1.54, 1.807) is 36.3 Å². The van der Waals surface area contributed by atoms with Gasteiger partial charge in [0.2, 0.25) is 5.91 Å². The van der Waals surface area contributed by atoms with Crippen molar-refractivity contribution in [2.24, 2.45) is 0 Å². The van der Waals surface area contributed by atoms with E-state index >= 15 is 0 Å². The zero-order chi connectivity index (χ0) is 17.6. The number of carbonyl (C=O) groups excluding carboxylic acids is 2. The van der Waals surface area contributed by atoms with Crippen molar-refractivity contribution in [3.05, 3.63) is 59.9 Å². The van der Waals surface area contributed by atoms with E-state index < -0.39 is 0 Å². The van der Waals surface area contributed by atoms with E-state index in [1.165, 1.54) is 0 Å². The first-order valence-corrected chi connectivity index (χ1v) is 9.22. The molecule has 7 heteroatoms. The molecule has 1 aromatic heterocycles. The summed E-state index contributed by atoms with van der Waals surface area (Å²) in [5.74, 6) is 1.46. The van der Waals surface area contributed by atoms with E-state index in [4.69, 9.17) is 0 Å². The Morgan fingerprint density at radius 3 is 2.56 bits per heavy atom. The Balaban J connectivity index is 1.57. The van der Waals surface area contributed by atoms with Crippen LogP contribution in [0.1, 0.15) is 28.9 Å². The molecule has 3 N–H and O–H groups in total. The van der Waals surface area contributed by atoms with E-state index in [-0.39, 0.29) is 23.9 Å². The summed E-state index contributed by atoms with van der Waals surface area (Å²) < 4.78 is 0. The van der Waals surface area contributed by atoms with Gasteiger partial charge in [-0.05, 0) is 36.8 Å². The molecular formula is C18H20N4O2S. The molecule has 6 nitrogen and oxygen atoms in total. The number of hydrogen-bond acceptors (Lipinski definition) is 5. The van der Waals surface area contributed by atoms with Gasteiger partial charge in [-0.1, -0.05) is 12.1 Å². The van der Waals surface area contributed by atoms with Crippen LogP contribution in [0, 0.1) is 0 Å². The third-order valence-electron chi connectivity index (χ3n) is 4.00. The van der Waals surface area contributed by atoms with Gasteiger partial charge in [-0.2, -0.15) is 0 Å². The van der Waals surface area contributed by atoms with Crippen LogP contribution in [0.2, 0.25) is 0 Å². The van der Waals surface area contributed by atoms with E-state index in [0.717, 1.165) is 17.2 Å². The highest BCUT2D eigenvalue weighted by atomic mass is 32.2. The lowest BCUT2D eigenvalue weighted by atomic mass is 10.1. The molecule has 2 heterocycles. The van der Waals surface area contributed by atoms with E-state index in [9.17, 15) is 9.59 Å². The number of rotatable bonds is 5. The topological polar surface area (TPSA) is 83.1 Å². The highest BCUT2D eigenvalue weighted by Gasteiger charge is 2.23. The maximum Gasteiger partial charge on any atom is 0.255 e. The number of nitrogens with zero attached hydrogens (tertiary/aromatic N) is 1. The van der Waals surface area contributed by atoms with Crippen LogP contribution in [0.3, 0.4) is 0 Å². The summed E-state index contributed by atoms with van der Waals surface area (Å²) in [6, 6.07) is 10.6. The average Bonchev–Trinajstić information content (AvgIpc) is 3.18. The lowest BCUT2D eigenvalue weighted by Gasteiger charge is -2.17. The first-order valence-electron chi connectivity index (χ1n) is 8.06. The number of hydrogen-bond donors (Lipinski definition) is 3. The second-order valence-electron chi connectivity index (χ2n) is 5.81. The monoisotopic (exact) mass is 356 g/mol. The predicted molar refractivity (Wildman–Crippen MR) is 99.4 cm³/mol. The molecular weight excluding hydrogens is 336 g/mol. The quantitative estimate of drug-likeness (QED) is 0.765. The van der Waals surface area contributed by atoms with Gasteiger partial charge in [0.05, 0.1) is 12.1 Å². The molecule has 25 heavy (non-hydrogen) atoms. The Bertz CT molecular complexity index is 731. The minimum absolute atomic E-state index is 0.0209. The Hall–Kier alpha value is -2.38. The van der Waals surface area contributed by atoms with Crippen molar-refractivity contribution in [2.75, 3.05) is 16.9 Å². The van der Waals surface area contributed by atoms with Gasteiger partial charge >= 0.3 is 0 Å². The molecule has 1 aromatic carbocycles. The molecule has 1 aliphatic rings. The van der Waals surface area contributed by atoms with Crippen molar-refractivity contribution >= 4 is 29.3 Å². The molecule has 1 unspecified atom stereocenters. The van der Waals surface area contributed by atoms with Crippen LogP contribution in [-0.2, 0) is 4.79 Å². The zero-order valence-electron chi connectivity index (χ0n) is 13.9. The van der Waals surface area contributed by atoms with Gasteiger partial charge < -0.3 is 10.6 Å². The standard InChI is InChI=1S/C18H20N4O2S/c1-12(21-18(24)16-10-25-11-20-16)13-2-4-15(5-3-13)22-17(23)14-6-8-19-9-7-14/h2-9,12,16,20H,10-11H2,1H3,(H,21,24)(H,22,23)/t12?,16-/m0/s1. The van der Waals surface area contributed by atoms with Crippen molar-refractivity contribution in [3.8, 4) is 0 Å². The van der Waals surface area contributed by atoms with Crippen LogP contribution in [0.25, 0.3) is 0 Å². The van der Waals surface area contributed by atoms with E-state index in [2.05, 4.69) is 20.9 Å².